The van der Waals surface area contributed by atoms with E-state index in [0.717, 1.165) is 12.2 Å². The summed E-state index contributed by atoms with van der Waals surface area (Å²) in [6.07, 6.45) is 2.65. The Hall–Kier alpha value is -0.920. The van der Waals surface area contributed by atoms with Gasteiger partial charge in [-0.3, -0.25) is 4.79 Å². The summed E-state index contributed by atoms with van der Waals surface area (Å²) in [5.41, 5.74) is 1.17. The molecule has 3 heterocycles. The summed E-state index contributed by atoms with van der Waals surface area (Å²) in [4.78, 5) is 13.5. The van der Waals surface area contributed by atoms with Crippen LogP contribution in [-0.2, 0) is 11.2 Å². The zero-order valence-corrected chi connectivity index (χ0v) is 11.2. The van der Waals surface area contributed by atoms with Crippen LogP contribution in [0.1, 0.15) is 15.7 Å². The van der Waals surface area contributed by atoms with E-state index in [9.17, 15) is 4.79 Å². The summed E-state index contributed by atoms with van der Waals surface area (Å²) < 4.78 is 3.73. The molecule has 1 N–H and O–H groups in total. The lowest BCUT2D eigenvalue weighted by molar-refractivity contribution is -0.115. The summed E-state index contributed by atoms with van der Waals surface area (Å²) in [6.45, 7) is 0. The van der Waals surface area contributed by atoms with Crippen LogP contribution in [0.15, 0.2) is 17.6 Å². The average molecular weight is 283 g/mol. The van der Waals surface area contributed by atoms with Gasteiger partial charge in [-0.1, -0.05) is 4.49 Å². The molecular weight excluding hydrogens is 274 g/mol. The smallest absolute Gasteiger partial charge is 0.242 e. The first-order valence-electron chi connectivity index (χ1n) is 5.10. The van der Waals surface area contributed by atoms with Crippen molar-refractivity contribution in [2.24, 2.45) is 0 Å². The van der Waals surface area contributed by atoms with Gasteiger partial charge in [-0.2, -0.15) is 0 Å². The molecule has 7 heteroatoms. The molecular formula is C10H9N3OS3. The summed E-state index contributed by atoms with van der Waals surface area (Å²) in [7, 11) is 0. The molecule has 0 bridgehead atoms. The molecule has 0 aromatic carbocycles. The van der Waals surface area contributed by atoms with E-state index in [2.05, 4.69) is 26.4 Å². The third-order valence-corrected chi connectivity index (χ3v) is 5.34. The van der Waals surface area contributed by atoms with Gasteiger partial charge in [-0.05, 0) is 29.2 Å². The molecule has 0 spiro atoms. The van der Waals surface area contributed by atoms with Gasteiger partial charge >= 0.3 is 0 Å². The van der Waals surface area contributed by atoms with Crippen LogP contribution in [0.25, 0.3) is 0 Å². The van der Waals surface area contributed by atoms with Crippen molar-refractivity contribution in [2.75, 3.05) is 11.1 Å². The molecule has 3 rings (SSSR count). The lowest BCUT2D eigenvalue weighted by atomic mass is 10.1. The quantitative estimate of drug-likeness (QED) is 0.920. The number of thioether (sulfide) groups is 1. The van der Waals surface area contributed by atoms with Gasteiger partial charge in [0.2, 0.25) is 5.91 Å². The molecule has 1 aliphatic heterocycles. The van der Waals surface area contributed by atoms with Gasteiger partial charge in [0.1, 0.15) is 10.3 Å². The summed E-state index contributed by atoms with van der Waals surface area (Å²) >= 11 is 4.64. The number of hydrogen-bond acceptors (Lipinski definition) is 6. The minimum atomic E-state index is -0.0906. The van der Waals surface area contributed by atoms with Crippen molar-refractivity contribution in [2.45, 2.75) is 11.7 Å². The number of nitrogens with zero attached hydrogens (tertiary/aromatic N) is 2. The fourth-order valence-corrected chi connectivity index (χ4v) is 4.49. The number of aryl methyl sites for hydroxylation is 1. The van der Waals surface area contributed by atoms with Crippen LogP contribution < -0.4 is 5.32 Å². The van der Waals surface area contributed by atoms with Crippen molar-refractivity contribution in [1.82, 2.24) is 9.59 Å². The monoisotopic (exact) mass is 283 g/mol. The van der Waals surface area contributed by atoms with E-state index < -0.39 is 0 Å². The number of rotatable bonds is 2. The fourth-order valence-electron chi connectivity index (χ4n) is 1.77. The van der Waals surface area contributed by atoms with Crippen molar-refractivity contribution in [3.63, 3.8) is 0 Å². The number of anilines is 1. The maximum Gasteiger partial charge on any atom is 0.242 e. The molecule has 2 aromatic heterocycles. The van der Waals surface area contributed by atoms with Crippen LogP contribution in [0.4, 0.5) is 5.00 Å². The molecule has 4 nitrogen and oxygen atoms in total. The number of carbonyl (C=O) groups is 1. The average Bonchev–Trinajstić information content (AvgIpc) is 2.97. The van der Waals surface area contributed by atoms with Gasteiger partial charge in [-0.25, -0.2) is 0 Å². The molecule has 17 heavy (non-hydrogen) atoms. The molecule has 2 aromatic rings. The van der Waals surface area contributed by atoms with Crippen LogP contribution in [0.2, 0.25) is 0 Å². The van der Waals surface area contributed by atoms with Crippen molar-refractivity contribution < 1.29 is 4.79 Å². The molecule has 0 aliphatic carbocycles. The van der Waals surface area contributed by atoms with E-state index in [-0.39, 0.29) is 11.2 Å². The Balaban J connectivity index is 1.80. The van der Waals surface area contributed by atoms with Crippen LogP contribution >= 0.6 is 34.6 Å². The second kappa shape index (κ2) is 4.75. The third kappa shape index (κ3) is 2.22. The van der Waals surface area contributed by atoms with Crippen molar-refractivity contribution in [3.05, 3.63) is 28.1 Å². The van der Waals surface area contributed by atoms with Gasteiger partial charge in [0.15, 0.2) is 0 Å². The first-order chi connectivity index (χ1) is 8.34. The molecule has 1 atom stereocenters. The molecule has 0 saturated carbocycles. The number of fused-ring (bicyclic) bond motifs is 1. The van der Waals surface area contributed by atoms with E-state index in [0.29, 0.717) is 5.00 Å². The summed E-state index contributed by atoms with van der Waals surface area (Å²) in [5, 5.41) is 9.24. The summed E-state index contributed by atoms with van der Waals surface area (Å²) in [6, 6.07) is 2.06. The maximum absolute atomic E-state index is 12.1. The highest BCUT2D eigenvalue weighted by molar-refractivity contribution is 8.00. The first-order valence-corrected chi connectivity index (χ1v) is 7.81. The minimum Gasteiger partial charge on any atom is -0.314 e. The van der Waals surface area contributed by atoms with Crippen molar-refractivity contribution >= 4 is 45.5 Å². The topological polar surface area (TPSA) is 54.9 Å². The molecule has 0 saturated heterocycles. The molecule has 1 amide bonds. The molecule has 88 valence electrons. The predicted molar refractivity (Wildman–Crippen MR) is 71.8 cm³/mol. The normalized spacial score (nSPS) is 18.7. The first kappa shape index (κ1) is 11.2. The highest BCUT2D eigenvalue weighted by atomic mass is 32.2. The lowest BCUT2D eigenvalue weighted by Crippen LogP contribution is -2.21. The van der Waals surface area contributed by atoms with Crippen molar-refractivity contribution in [3.8, 4) is 0 Å². The number of carbonyl (C=O) groups excluding carboxylic acids is 1. The second-order valence-electron chi connectivity index (χ2n) is 3.57. The Bertz CT molecular complexity index is 523. The van der Waals surface area contributed by atoms with Crippen LogP contribution in [0.3, 0.4) is 0 Å². The highest BCUT2D eigenvalue weighted by Gasteiger charge is 2.28. The third-order valence-electron chi connectivity index (χ3n) is 2.52. The predicted octanol–water partition coefficient (Wildman–Crippen LogP) is 2.57. The lowest BCUT2D eigenvalue weighted by Gasteiger charge is -2.20. The Morgan fingerprint density at radius 2 is 2.47 bits per heavy atom. The fraction of sp³-hybridized carbons (Fsp3) is 0.300. The van der Waals surface area contributed by atoms with Crippen LogP contribution in [0, 0.1) is 0 Å². The van der Waals surface area contributed by atoms with E-state index in [1.54, 1.807) is 29.3 Å². The number of thiophene rings is 1. The van der Waals surface area contributed by atoms with Crippen LogP contribution in [0.5, 0.6) is 0 Å². The zero-order chi connectivity index (χ0) is 11.7. The van der Waals surface area contributed by atoms with E-state index in [1.165, 1.54) is 22.0 Å². The standard InChI is InChI=1S/C10H9N3OS3/c14-10(12-8-5-11-13-17-8)9-6-1-3-15-7(6)2-4-16-9/h1,3,5,9H,2,4H2,(H,12,14)/t9-/m1/s1. The number of aromatic nitrogens is 2. The van der Waals surface area contributed by atoms with Gasteiger partial charge in [0.05, 0.1) is 6.20 Å². The Morgan fingerprint density at radius 3 is 3.29 bits per heavy atom. The molecule has 0 fully saturated rings. The Kier molecular flexibility index (Phi) is 3.13. The van der Waals surface area contributed by atoms with E-state index in [4.69, 9.17) is 0 Å². The van der Waals surface area contributed by atoms with Crippen molar-refractivity contribution in [1.29, 1.82) is 0 Å². The Morgan fingerprint density at radius 1 is 1.53 bits per heavy atom. The van der Waals surface area contributed by atoms with Gasteiger partial charge in [-0.15, -0.1) is 28.2 Å². The highest BCUT2D eigenvalue weighted by Crippen LogP contribution is 2.39. The molecule has 0 radical (unpaired) electrons. The zero-order valence-electron chi connectivity index (χ0n) is 8.75. The minimum absolute atomic E-state index is 0.0281. The SMILES string of the molecule is O=C(Nc1cnns1)[C@@H]1SCCc2sccc21. The molecule has 0 unspecified atom stereocenters. The van der Waals surface area contributed by atoms with E-state index in [1.807, 2.05) is 0 Å². The number of amides is 1. The Labute approximate surface area is 111 Å². The number of hydrogen-bond donors (Lipinski definition) is 1. The van der Waals surface area contributed by atoms with Gasteiger partial charge in [0.25, 0.3) is 0 Å². The number of nitrogens with one attached hydrogen (secondary N) is 1. The van der Waals surface area contributed by atoms with E-state index >= 15 is 0 Å². The van der Waals surface area contributed by atoms with Gasteiger partial charge < -0.3 is 5.32 Å². The second-order valence-corrected chi connectivity index (χ2v) is 6.57. The van der Waals surface area contributed by atoms with Crippen LogP contribution in [-0.4, -0.2) is 21.2 Å². The summed E-state index contributed by atoms with van der Waals surface area (Å²) in [5.74, 6) is 1.03. The maximum atomic E-state index is 12.1. The molecule has 1 aliphatic rings. The van der Waals surface area contributed by atoms with Gasteiger partial charge in [0, 0.05) is 16.4 Å². The largest absolute Gasteiger partial charge is 0.314 e.